The predicted molar refractivity (Wildman–Crippen MR) is 168 cm³/mol. The number of rotatable bonds is 16. The molecule has 7 heteroatoms. The lowest BCUT2D eigenvalue weighted by molar-refractivity contribution is -0.204. The summed E-state index contributed by atoms with van der Waals surface area (Å²) < 4.78 is 39.3. The van der Waals surface area contributed by atoms with Crippen LogP contribution in [0.2, 0.25) is 0 Å². The van der Waals surface area contributed by atoms with Crippen molar-refractivity contribution in [1.29, 1.82) is 0 Å². The van der Waals surface area contributed by atoms with E-state index in [-0.39, 0.29) is 43.1 Å². The molecule has 3 unspecified atom stereocenters. The highest BCUT2D eigenvalue weighted by molar-refractivity contribution is 14.1. The molecule has 6 nitrogen and oxygen atoms in total. The van der Waals surface area contributed by atoms with Crippen molar-refractivity contribution in [3.8, 4) is 0 Å². The molecule has 4 aliphatic rings. The van der Waals surface area contributed by atoms with Crippen LogP contribution in [0.15, 0.2) is 12.2 Å². The molecule has 4 fully saturated rings. The molecular formula is C33H57IO6. The van der Waals surface area contributed by atoms with Gasteiger partial charge in [0.2, 0.25) is 0 Å². The van der Waals surface area contributed by atoms with E-state index >= 15 is 0 Å². The van der Waals surface area contributed by atoms with Gasteiger partial charge in [-0.2, -0.15) is 0 Å². The van der Waals surface area contributed by atoms with E-state index in [2.05, 4.69) is 48.6 Å². The first-order valence-corrected chi connectivity index (χ1v) is 18.2. The van der Waals surface area contributed by atoms with Crippen molar-refractivity contribution in [2.75, 3.05) is 24.2 Å². The van der Waals surface area contributed by atoms with Crippen molar-refractivity contribution in [2.45, 2.75) is 154 Å². The summed E-state index contributed by atoms with van der Waals surface area (Å²) in [6.07, 6.45) is 23.3. The maximum Gasteiger partial charge on any atom is 0.158 e. The maximum absolute atomic E-state index is 6.76. The van der Waals surface area contributed by atoms with Gasteiger partial charge in [-0.25, -0.2) is 0 Å². The number of hydrogen-bond acceptors (Lipinski definition) is 6. The molecular weight excluding hydrogens is 619 g/mol. The van der Waals surface area contributed by atoms with Crippen LogP contribution in [0.1, 0.15) is 117 Å². The highest BCUT2D eigenvalue weighted by atomic mass is 127. The average molecular weight is 677 g/mol. The van der Waals surface area contributed by atoms with Crippen LogP contribution in [0, 0.1) is 17.8 Å². The first kappa shape index (κ1) is 33.1. The summed E-state index contributed by atoms with van der Waals surface area (Å²) in [7, 11) is 0. The van der Waals surface area contributed by atoms with Crippen LogP contribution in [0.3, 0.4) is 0 Å². The summed E-state index contributed by atoms with van der Waals surface area (Å²) >= 11 is 2.49. The van der Waals surface area contributed by atoms with Crippen molar-refractivity contribution in [3.05, 3.63) is 12.2 Å². The Labute approximate surface area is 258 Å². The molecule has 0 aromatic carbocycles. The summed E-state index contributed by atoms with van der Waals surface area (Å²) in [5, 5.41) is 0. The zero-order valence-corrected chi connectivity index (χ0v) is 27.5. The molecule has 3 aliphatic heterocycles. The van der Waals surface area contributed by atoms with Crippen LogP contribution in [0.4, 0.5) is 0 Å². The number of alkyl halides is 1. The van der Waals surface area contributed by atoms with E-state index in [4.69, 9.17) is 28.4 Å². The van der Waals surface area contributed by atoms with Crippen molar-refractivity contribution < 1.29 is 28.4 Å². The van der Waals surface area contributed by atoms with Crippen molar-refractivity contribution in [3.63, 3.8) is 0 Å². The van der Waals surface area contributed by atoms with Gasteiger partial charge in [0.25, 0.3) is 0 Å². The molecule has 3 saturated heterocycles. The van der Waals surface area contributed by atoms with Gasteiger partial charge in [-0.3, -0.25) is 0 Å². The second-order valence-corrected chi connectivity index (χ2v) is 13.8. The summed E-state index contributed by atoms with van der Waals surface area (Å²) in [6.45, 7) is 6.92. The quantitative estimate of drug-likeness (QED) is 0.0710. The molecule has 0 radical (unpaired) electrons. The molecule has 1 aliphatic carbocycles. The van der Waals surface area contributed by atoms with Crippen molar-refractivity contribution in [2.24, 2.45) is 17.8 Å². The molecule has 0 bridgehead atoms. The monoisotopic (exact) mass is 676 g/mol. The molecule has 3 heterocycles. The van der Waals surface area contributed by atoms with Gasteiger partial charge in [-0.1, -0.05) is 74.3 Å². The molecule has 0 aromatic rings. The lowest BCUT2D eigenvalue weighted by atomic mass is 9.87. The lowest BCUT2D eigenvalue weighted by Crippen LogP contribution is -2.32. The Balaban J connectivity index is 1.48. The third-order valence-corrected chi connectivity index (χ3v) is 9.86. The van der Waals surface area contributed by atoms with Crippen LogP contribution < -0.4 is 0 Å². The third kappa shape index (κ3) is 11.1. The van der Waals surface area contributed by atoms with E-state index in [0.717, 1.165) is 64.8 Å². The fourth-order valence-corrected chi connectivity index (χ4v) is 7.26. The fourth-order valence-electron chi connectivity index (χ4n) is 6.72. The minimum absolute atomic E-state index is 0.0326. The smallest absolute Gasteiger partial charge is 0.158 e. The third-order valence-electron chi connectivity index (χ3n) is 9.09. The Morgan fingerprint density at radius 3 is 1.88 bits per heavy atom. The number of halogens is 1. The van der Waals surface area contributed by atoms with Crippen LogP contribution in [-0.2, 0) is 28.4 Å². The molecule has 0 aromatic heterocycles. The number of ether oxygens (including phenoxy) is 6. The zero-order valence-electron chi connectivity index (χ0n) is 25.3. The first-order valence-electron chi connectivity index (χ1n) is 16.7. The second-order valence-electron chi connectivity index (χ2n) is 12.7. The summed E-state index contributed by atoms with van der Waals surface area (Å²) in [4.78, 5) is 0. The Kier molecular flexibility index (Phi) is 15.6. The lowest BCUT2D eigenvalue weighted by Gasteiger charge is -2.31. The molecule has 1 saturated carbocycles. The average Bonchev–Trinajstić information content (AvgIpc) is 3.29. The highest BCUT2D eigenvalue weighted by Gasteiger charge is 2.45. The first-order chi connectivity index (χ1) is 19.6. The van der Waals surface area contributed by atoms with Gasteiger partial charge in [-0.15, -0.1) is 0 Å². The van der Waals surface area contributed by atoms with Crippen molar-refractivity contribution in [1.82, 2.24) is 0 Å². The van der Waals surface area contributed by atoms with Crippen molar-refractivity contribution >= 4 is 22.6 Å². The van der Waals surface area contributed by atoms with Gasteiger partial charge in [-0.05, 0) is 86.9 Å². The van der Waals surface area contributed by atoms with E-state index in [9.17, 15) is 0 Å². The standard InChI is InChI=1S/C33H57IO6/c1-25(2)28(38-31-15-7-11-21-35-31)19-18-27-26(14-6-4-3-5-10-20-34)29(39-32-16-8-12-22-36-32)24-30(27)40-33-17-9-13-23-37-33/h18-19,25-33H,3-17,20-24H2,1-2H3/b19-18+/t26-,27-,28+,29-,30-,31?,32?,33?/m1/s1. The zero-order chi connectivity index (χ0) is 28.0. The minimum atomic E-state index is -0.0963. The highest BCUT2D eigenvalue weighted by Crippen LogP contribution is 2.43. The summed E-state index contributed by atoms with van der Waals surface area (Å²) in [5.41, 5.74) is 0. The van der Waals surface area contributed by atoms with Gasteiger partial charge in [0, 0.05) is 32.2 Å². The fraction of sp³-hybridized carbons (Fsp3) is 0.939. The molecule has 8 atom stereocenters. The topological polar surface area (TPSA) is 55.4 Å². The van der Waals surface area contributed by atoms with Gasteiger partial charge >= 0.3 is 0 Å². The summed E-state index contributed by atoms with van der Waals surface area (Å²) in [6, 6.07) is 0. The van der Waals surface area contributed by atoms with E-state index in [1.165, 1.54) is 62.2 Å². The Bertz CT molecular complexity index is 686. The number of hydrogen-bond donors (Lipinski definition) is 0. The second kappa shape index (κ2) is 18.8. The maximum atomic E-state index is 6.76. The Morgan fingerprint density at radius 1 is 0.725 bits per heavy atom. The van der Waals surface area contributed by atoms with Crippen LogP contribution >= 0.6 is 22.6 Å². The van der Waals surface area contributed by atoms with E-state index < -0.39 is 0 Å². The molecule has 4 rings (SSSR count). The molecule has 0 spiro atoms. The van der Waals surface area contributed by atoms with Crippen LogP contribution in [0.5, 0.6) is 0 Å². The van der Waals surface area contributed by atoms with Gasteiger partial charge in [0.05, 0.1) is 18.3 Å². The normalized spacial score (nSPS) is 34.5. The van der Waals surface area contributed by atoms with Crippen LogP contribution in [0.25, 0.3) is 0 Å². The molecule has 232 valence electrons. The minimum Gasteiger partial charge on any atom is -0.353 e. The van der Waals surface area contributed by atoms with E-state index in [1.807, 2.05) is 0 Å². The molecule has 0 amide bonds. The van der Waals surface area contributed by atoms with E-state index in [1.54, 1.807) is 0 Å². The predicted octanol–water partition coefficient (Wildman–Crippen LogP) is 8.35. The molecule has 0 N–H and O–H groups in total. The Morgan fingerprint density at radius 2 is 1.30 bits per heavy atom. The van der Waals surface area contributed by atoms with Crippen LogP contribution in [-0.4, -0.2) is 61.4 Å². The van der Waals surface area contributed by atoms with Gasteiger partial charge in [0.1, 0.15) is 0 Å². The van der Waals surface area contributed by atoms with Gasteiger partial charge in [0.15, 0.2) is 18.9 Å². The van der Waals surface area contributed by atoms with E-state index in [0.29, 0.717) is 11.8 Å². The largest absolute Gasteiger partial charge is 0.353 e. The number of unbranched alkanes of at least 4 members (excludes halogenated alkanes) is 4. The molecule has 40 heavy (non-hydrogen) atoms. The SMILES string of the molecule is CC(C)[C@H](/C=C/[C@@H]1[C@@H](CCCCCCCI)[C@H](OC2CCCCO2)C[C@H]1OC1CCCCO1)OC1CCCCO1. The Hall–Kier alpha value is 0.230. The van der Waals surface area contributed by atoms with Gasteiger partial charge < -0.3 is 28.4 Å². The summed E-state index contributed by atoms with van der Waals surface area (Å²) in [5.74, 6) is 1.08.